The number of aromatic nitrogens is 2. The number of aliphatic hydroxyl groups is 1. The van der Waals surface area contributed by atoms with Crippen LogP contribution in [0.2, 0.25) is 0 Å². The molecule has 0 amide bonds. The molecule has 18 heavy (non-hydrogen) atoms. The summed E-state index contributed by atoms with van der Waals surface area (Å²) in [7, 11) is -3.62. The summed E-state index contributed by atoms with van der Waals surface area (Å²) in [5, 5.41) is 10.1. The summed E-state index contributed by atoms with van der Waals surface area (Å²) in [6.07, 6.45) is 6.17. The molecule has 1 aliphatic carbocycles. The normalized spacial score (nSPS) is 19.2. The number of sulfonamides is 1. The lowest BCUT2D eigenvalue weighted by molar-refractivity contribution is 0.0531. The van der Waals surface area contributed by atoms with Gasteiger partial charge in [0, 0.05) is 19.3 Å². The van der Waals surface area contributed by atoms with E-state index in [1.807, 2.05) is 6.92 Å². The zero-order chi connectivity index (χ0) is 13.2. The molecule has 1 aromatic rings. The number of nitrogens with zero attached hydrogens (tertiary/aromatic N) is 2. The van der Waals surface area contributed by atoms with E-state index in [9.17, 15) is 13.5 Å². The average Bonchev–Trinajstić information content (AvgIpc) is 2.96. The van der Waals surface area contributed by atoms with Gasteiger partial charge in [0.25, 0.3) is 10.0 Å². The van der Waals surface area contributed by atoms with Gasteiger partial charge in [-0.1, -0.05) is 12.8 Å². The first-order valence-electron chi connectivity index (χ1n) is 6.19. The number of imidazole rings is 1. The topological polar surface area (TPSA) is 84.2 Å². The highest BCUT2D eigenvalue weighted by molar-refractivity contribution is 7.89. The number of nitrogens with one attached hydrogen (secondary N) is 1. The quantitative estimate of drug-likeness (QED) is 0.817. The van der Waals surface area contributed by atoms with Crippen LogP contribution < -0.4 is 4.72 Å². The van der Waals surface area contributed by atoms with Crippen LogP contribution in [0.15, 0.2) is 17.6 Å². The van der Waals surface area contributed by atoms with Crippen LogP contribution in [0.3, 0.4) is 0 Å². The van der Waals surface area contributed by atoms with Gasteiger partial charge in [-0.3, -0.25) is 0 Å². The van der Waals surface area contributed by atoms with Crippen molar-refractivity contribution >= 4 is 10.0 Å². The molecule has 0 radical (unpaired) electrons. The number of aryl methyl sites for hydroxylation is 1. The second-order valence-corrected chi connectivity index (χ2v) is 6.51. The molecular formula is C11H19N3O3S. The van der Waals surface area contributed by atoms with Gasteiger partial charge in [0.2, 0.25) is 0 Å². The molecule has 1 fully saturated rings. The van der Waals surface area contributed by atoms with Crippen molar-refractivity contribution in [3.8, 4) is 0 Å². The van der Waals surface area contributed by atoms with Gasteiger partial charge >= 0.3 is 0 Å². The number of rotatable bonds is 5. The number of hydrogen-bond acceptors (Lipinski definition) is 4. The van der Waals surface area contributed by atoms with Crippen molar-refractivity contribution in [1.29, 1.82) is 0 Å². The van der Waals surface area contributed by atoms with E-state index in [4.69, 9.17) is 0 Å². The van der Waals surface area contributed by atoms with Crippen molar-refractivity contribution in [2.45, 2.75) is 49.8 Å². The minimum atomic E-state index is -3.62. The van der Waals surface area contributed by atoms with Crippen LogP contribution in [-0.4, -0.2) is 35.2 Å². The Morgan fingerprint density at radius 1 is 1.50 bits per heavy atom. The monoisotopic (exact) mass is 273 g/mol. The first kappa shape index (κ1) is 13.5. The Kier molecular flexibility index (Phi) is 3.74. The molecule has 2 N–H and O–H groups in total. The van der Waals surface area contributed by atoms with Crippen LogP contribution in [0.25, 0.3) is 0 Å². The molecule has 0 aromatic carbocycles. The van der Waals surface area contributed by atoms with Gasteiger partial charge in [-0.25, -0.2) is 18.1 Å². The minimum Gasteiger partial charge on any atom is -0.389 e. The molecule has 0 spiro atoms. The van der Waals surface area contributed by atoms with Crippen LogP contribution >= 0.6 is 0 Å². The van der Waals surface area contributed by atoms with E-state index in [1.165, 1.54) is 12.5 Å². The van der Waals surface area contributed by atoms with Gasteiger partial charge in [-0.05, 0) is 19.8 Å². The summed E-state index contributed by atoms with van der Waals surface area (Å²) in [6.45, 7) is 2.65. The Hall–Kier alpha value is -0.920. The molecule has 6 nitrogen and oxygen atoms in total. The minimum absolute atomic E-state index is 0.00551. The van der Waals surface area contributed by atoms with Gasteiger partial charge in [-0.15, -0.1) is 0 Å². The summed E-state index contributed by atoms with van der Waals surface area (Å²) in [6, 6.07) is 0. The maximum atomic E-state index is 12.0. The molecule has 1 heterocycles. The molecule has 1 aromatic heterocycles. The second-order valence-electron chi connectivity index (χ2n) is 4.80. The molecule has 0 bridgehead atoms. The smallest absolute Gasteiger partial charge is 0.259 e. The zero-order valence-electron chi connectivity index (χ0n) is 10.5. The predicted octanol–water partition coefficient (Wildman–Crippen LogP) is 0.486. The fraction of sp³-hybridized carbons (Fsp3) is 0.727. The number of hydrogen-bond donors (Lipinski definition) is 2. The highest BCUT2D eigenvalue weighted by Crippen LogP contribution is 2.28. The molecule has 7 heteroatoms. The van der Waals surface area contributed by atoms with E-state index >= 15 is 0 Å². The van der Waals surface area contributed by atoms with Gasteiger partial charge in [0.15, 0.2) is 5.03 Å². The van der Waals surface area contributed by atoms with Crippen molar-refractivity contribution in [2.75, 3.05) is 6.54 Å². The Morgan fingerprint density at radius 3 is 2.72 bits per heavy atom. The first-order chi connectivity index (χ1) is 8.45. The Labute approximate surface area is 107 Å². The highest BCUT2D eigenvalue weighted by Gasteiger charge is 2.32. The standard InChI is InChI=1S/C11H19N3O3S/c1-2-14-7-10(12-9-14)18(16,17)13-8-11(15)5-3-4-6-11/h7,9,13,15H,2-6,8H2,1H3. The fourth-order valence-corrected chi connectivity index (χ4v) is 3.23. The first-order valence-corrected chi connectivity index (χ1v) is 7.67. The van der Waals surface area contributed by atoms with Crippen molar-refractivity contribution in [1.82, 2.24) is 14.3 Å². The van der Waals surface area contributed by atoms with E-state index < -0.39 is 15.6 Å². The Bertz CT molecular complexity index is 503. The van der Waals surface area contributed by atoms with Crippen molar-refractivity contribution in [3.63, 3.8) is 0 Å². The SMILES string of the molecule is CCn1cnc(S(=O)(=O)NCC2(O)CCCC2)c1. The molecule has 2 rings (SSSR count). The maximum absolute atomic E-state index is 12.0. The van der Waals surface area contributed by atoms with E-state index in [-0.39, 0.29) is 11.6 Å². The molecule has 1 saturated carbocycles. The van der Waals surface area contributed by atoms with E-state index in [2.05, 4.69) is 9.71 Å². The lowest BCUT2D eigenvalue weighted by Crippen LogP contribution is -2.40. The molecule has 0 aliphatic heterocycles. The van der Waals surface area contributed by atoms with Gasteiger partial charge in [0.05, 0.1) is 11.9 Å². The molecule has 0 saturated heterocycles. The lowest BCUT2D eigenvalue weighted by atomic mass is 10.0. The van der Waals surface area contributed by atoms with Crippen molar-refractivity contribution < 1.29 is 13.5 Å². The molecule has 0 atom stereocenters. The van der Waals surface area contributed by atoms with Crippen LogP contribution in [0.4, 0.5) is 0 Å². The largest absolute Gasteiger partial charge is 0.389 e. The average molecular weight is 273 g/mol. The Morgan fingerprint density at radius 2 is 2.17 bits per heavy atom. The summed E-state index contributed by atoms with van der Waals surface area (Å²) < 4.78 is 28.1. The summed E-state index contributed by atoms with van der Waals surface area (Å²) in [4.78, 5) is 3.86. The fourth-order valence-electron chi connectivity index (χ4n) is 2.16. The summed E-state index contributed by atoms with van der Waals surface area (Å²) >= 11 is 0. The Balaban J connectivity index is 2.03. The van der Waals surface area contributed by atoms with E-state index in [0.717, 1.165) is 12.8 Å². The van der Waals surface area contributed by atoms with Crippen LogP contribution in [0, 0.1) is 0 Å². The predicted molar refractivity (Wildman–Crippen MR) is 66.5 cm³/mol. The van der Waals surface area contributed by atoms with E-state index in [1.54, 1.807) is 4.57 Å². The van der Waals surface area contributed by atoms with Gasteiger partial charge < -0.3 is 9.67 Å². The van der Waals surface area contributed by atoms with Crippen LogP contribution in [0.1, 0.15) is 32.6 Å². The van der Waals surface area contributed by atoms with E-state index in [0.29, 0.717) is 19.4 Å². The summed E-state index contributed by atoms with van der Waals surface area (Å²) in [5.74, 6) is 0. The highest BCUT2D eigenvalue weighted by atomic mass is 32.2. The van der Waals surface area contributed by atoms with Gasteiger partial charge in [-0.2, -0.15) is 0 Å². The third kappa shape index (κ3) is 2.90. The zero-order valence-corrected chi connectivity index (χ0v) is 11.3. The van der Waals surface area contributed by atoms with Crippen LogP contribution in [0.5, 0.6) is 0 Å². The maximum Gasteiger partial charge on any atom is 0.259 e. The molecule has 0 unspecified atom stereocenters. The summed E-state index contributed by atoms with van der Waals surface area (Å²) in [5.41, 5.74) is -0.888. The van der Waals surface area contributed by atoms with Gasteiger partial charge in [0.1, 0.15) is 0 Å². The van der Waals surface area contributed by atoms with Crippen molar-refractivity contribution in [3.05, 3.63) is 12.5 Å². The van der Waals surface area contributed by atoms with Crippen molar-refractivity contribution in [2.24, 2.45) is 0 Å². The van der Waals surface area contributed by atoms with Crippen LogP contribution in [-0.2, 0) is 16.6 Å². The molecule has 102 valence electrons. The lowest BCUT2D eigenvalue weighted by Gasteiger charge is -2.21. The third-order valence-corrected chi connectivity index (χ3v) is 4.66. The third-order valence-electron chi connectivity index (χ3n) is 3.38. The molecular weight excluding hydrogens is 254 g/mol. The molecule has 1 aliphatic rings. The second kappa shape index (κ2) is 4.99.